The number of amides is 1. The van der Waals surface area contributed by atoms with E-state index in [1.54, 1.807) is 0 Å². The van der Waals surface area contributed by atoms with Gasteiger partial charge in [-0.1, -0.05) is 132 Å². The Morgan fingerprint density at radius 1 is 0.735 bits per heavy atom. The number of quaternary nitrogens is 1. The van der Waals surface area contributed by atoms with Crippen LogP contribution in [0.25, 0.3) is 0 Å². The average molecular weight is 709 g/mol. The van der Waals surface area contributed by atoms with Gasteiger partial charge in [0.1, 0.15) is 13.2 Å². The van der Waals surface area contributed by atoms with Gasteiger partial charge in [0.2, 0.25) is 5.91 Å². The Labute approximate surface area is 301 Å². The normalized spacial score (nSPS) is 15.3. The number of nitrogens with one attached hydrogen (secondary N) is 1. The molecule has 1 amide bonds. The summed E-state index contributed by atoms with van der Waals surface area (Å²) in [7, 11) is 1.27. The molecule has 0 aromatic heterocycles. The third-order valence-electron chi connectivity index (χ3n) is 8.02. The molecule has 8 nitrogen and oxygen atoms in total. The van der Waals surface area contributed by atoms with Gasteiger partial charge in [-0.15, -0.1) is 0 Å². The second-order valence-electron chi connectivity index (χ2n) is 13.9. The zero-order valence-electron chi connectivity index (χ0n) is 31.9. The van der Waals surface area contributed by atoms with Gasteiger partial charge in [-0.25, -0.2) is 0 Å². The molecular formula is C40H73N2O6P. The number of carbonyl (C=O) groups excluding carboxylic acids is 1. The number of likely N-dealkylation sites (N-methyl/N-ethyl adjacent to an activating group) is 1. The smallest absolute Gasteiger partial charge is 0.268 e. The number of hydrogen-bond acceptors (Lipinski definition) is 6. The predicted octanol–water partition coefficient (Wildman–Crippen LogP) is 9.27. The molecule has 0 aromatic carbocycles. The minimum absolute atomic E-state index is 0.00390. The van der Waals surface area contributed by atoms with Crippen LogP contribution in [-0.2, 0) is 18.4 Å². The molecule has 0 spiro atoms. The Morgan fingerprint density at radius 2 is 1.24 bits per heavy atom. The lowest BCUT2D eigenvalue weighted by molar-refractivity contribution is -0.870. The molecule has 0 fully saturated rings. The molecule has 0 radical (unpaired) electrons. The summed E-state index contributed by atoms with van der Waals surface area (Å²) in [5.41, 5.74) is 0. The number of phosphoric ester groups is 1. The first-order chi connectivity index (χ1) is 23.5. The Bertz CT molecular complexity index is 986. The van der Waals surface area contributed by atoms with Crippen molar-refractivity contribution in [3.05, 3.63) is 60.8 Å². The van der Waals surface area contributed by atoms with Crippen molar-refractivity contribution >= 4 is 13.7 Å². The highest BCUT2D eigenvalue weighted by atomic mass is 31.2. The van der Waals surface area contributed by atoms with Gasteiger partial charge in [0, 0.05) is 6.42 Å². The maximum Gasteiger partial charge on any atom is 0.268 e. The number of aliphatic hydroxyl groups excluding tert-OH is 1. The molecule has 0 bridgehead atoms. The van der Waals surface area contributed by atoms with Gasteiger partial charge in [0.05, 0.1) is 39.9 Å². The van der Waals surface area contributed by atoms with Crippen LogP contribution < -0.4 is 10.2 Å². The summed E-state index contributed by atoms with van der Waals surface area (Å²) in [5.74, 6) is -0.193. The number of rotatable bonds is 33. The zero-order chi connectivity index (χ0) is 36.5. The summed E-state index contributed by atoms with van der Waals surface area (Å²) < 4.78 is 23.0. The lowest BCUT2D eigenvalue weighted by atomic mass is 10.0. The van der Waals surface area contributed by atoms with Gasteiger partial charge in [0.15, 0.2) is 0 Å². The molecule has 49 heavy (non-hydrogen) atoms. The minimum Gasteiger partial charge on any atom is -0.756 e. The van der Waals surface area contributed by atoms with Gasteiger partial charge in [0.25, 0.3) is 7.82 Å². The molecular weight excluding hydrogens is 635 g/mol. The second-order valence-corrected chi connectivity index (χ2v) is 15.3. The Balaban J connectivity index is 4.31. The molecule has 0 aliphatic heterocycles. The highest BCUT2D eigenvalue weighted by Gasteiger charge is 2.24. The first-order valence-electron chi connectivity index (χ1n) is 19.1. The lowest BCUT2D eigenvalue weighted by Crippen LogP contribution is -2.46. The number of aliphatic hydroxyl groups is 1. The standard InChI is InChI=1S/C40H73N2O6P/c1-6-8-10-12-14-15-16-17-18-19-20-21-22-23-24-25-26-27-28-30-32-34-40(44)41-38(39(43)33-31-29-13-11-9-7-2)37-48-49(45,46)47-36-35-42(3,4)5/h8,10,14-15,17-18,20-21,23-24,38-39,43H,6-7,9,11-13,16,19,22,25-37H2,1-5H3,(H-,41,44,45,46)/b10-8-,15-14-,18-17-,21-20-,24-23-. The molecule has 0 saturated carbocycles. The van der Waals surface area contributed by atoms with Crippen LogP contribution in [0.2, 0.25) is 0 Å². The summed E-state index contributed by atoms with van der Waals surface area (Å²) in [4.78, 5) is 25.1. The average Bonchev–Trinajstić information content (AvgIpc) is 3.04. The fourth-order valence-electron chi connectivity index (χ4n) is 4.94. The summed E-state index contributed by atoms with van der Waals surface area (Å²) in [6.07, 6.45) is 39.6. The fraction of sp³-hybridized carbons (Fsp3) is 0.725. The number of phosphoric acid groups is 1. The van der Waals surface area contributed by atoms with Crippen LogP contribution in [0.4, 0.5) is 0 Å². The van der Waals surface area contributed by atoms with Gasteiger partial charge < -0.3 is 28.8 Å². The molecule has 0 rings (SSSR count). The monoisotopic (exact) mass is 709 g/mol. The van der Waals surface area contributed by atoms with Crippen molar-refractivity contribution in [1.82, 2.24) is 5.32 Å². The maximum atomic E-state index is 12.7. The molecule has 2 N–H and O–H groups in total. The number of hydrogen-bond donors (Lipinski definition) is 2. The summed E-state index contributed by atoms with van der Waals surface area (Å²) in [6, 6.07) is -0.809. The van der Waals surface area contributed by atoms with Crippen LogP contribution in [0.5, 0.6) is 0 Å². The SMILES string of the molecule is CC/C=C\C/C=C\C/C=C\C/C=C\C/C=C\CCCCCCCC(=O)NC(COP(=O)([O-])OCC[N+](C)(C)C)C(O)CCCCCCCC. The summed E-state index contributed by atoms with van der Waals surface area (Å²) in [5, 5.41) is 13.7. The van der Waals surface area contributed by atoms with Crippen LogP contribution in [0, 0.1) is 0 Å². The van der Waals surface area contributed by atoms with Crippen LogP contribution in [0.1, 0.15) is 136 Å². The number of carbonyl (C=O) groups is 1. The zero-order valence-corrected chi connectivity index (χ0v) is 32.8. The molecule has 0 aliphatic rings. The quantitative estimate of drug-likeness (QED) is 0.0305. The van der Waals surface area contributed by atoms with E-state index in [0.29, 0.717) is 23.9 Å². The van der Waals surface area contributed by atoms with Gasteiger partial charge >= 0.3 is 0 Å². The van der Waals surface area contributed by atoms with Crippen molar-refractivity contribution in [3.63, 3.8) is 0 Å². The summed E-state index contributed by atoms with van der Waals surface area (Å²) >= 11 is 0. The van der Waals surface area contributed by atoms with Gasteiger partial charge in [-0.3, -0.25) is 9.36 Å². The van der Waals surface area contributed by atoms with Gasteiger partial charge in [-0.05, 0) is 57.8 Å². The van der Waals surface area contributed by atoms with Crippen LogP contribution in [0.3, 0.4) is 0 Å². The van der Waals surface area contributed by atoms with E-state index in [-0.39, 0.29) is 19.1 Å². The largest absolute Gasteiger partial charge is 0.756 e. The van der Waals surface area contributed by atoms with E-state index in [4.69, 9.17) is 9.05 Å². The van der Waals surface area contributed by atoms with Crippen LogP contribution >= 0.6 is 7.82 Å². The molecule has 0 aromatic rings. The first-order valence-corrected chi connectivity index (χ1v) is 20.6. The van der Waals surface area contributed by atoms with E-state index >= 15 is 0 Å². The van der Waals surface area contributed by atoms with Crippen molar-refractivity contribution in [1.29, 1.82) is 0 Å². The first kappa shape index (κ1) is 47.2. The van der Waals surface area contributed by atoms with E-state index in [9.17, 15) is 19.4 Å². The molecule has 284 valence electrons. The minimum atomic E-state index is -4.56. The Hall–Kier alpha value is -1.80. The third-order valence-corrected chi connectivity index (χ3v) is 8.98. The predicted molar refractivity (Wildman–Crippen MR) is 205 cm³/mol. The van der Waals surface area contributed by atoms with Gasteiger partial charge in [-0.2, -0.15) is 0 Å². The van der Waals surface area contributed by atoms with E-state index in [0.717, 1.165) is 89.9 Å². The van der Waals surface area contributed by atoms with Crippen molar-refractivity contribution in [2.45, 2.75) is 148 Å². The van der Waals surface area contributed by atoms with Crippen LogP contribution in [0.15, 0.2) is 60.8 Å². The lowest BCUT2D eigenvalue weighted by Gasteiger charge is -2.30. The second kappa shape index (κ2) is 32.1. The fourth-order valence-corrected chi connectivity index (χ4v) is 5.67. The maximum absolute atomic E-state index is 12.7. The molecule has 0 heterocycles. The molecule has 9 heteroatoms. The van der Waals surface area contributed by atoms with Crippen molar-refractivity contribution < 1.29 is 32.9 Å². The van der Waals surface area contributed by atoms with Crippen molar-refractivity contribution in [2.75, 3.05) is 40.9 Å². The number of nitrogens with zero attached hydrogens (tertiary/aromatic N) is 1. The van der Waals surface area contributed by atoms with E-state index in [1.807, 2.05) is 21.1 Å². The summed E-state index contributed by atoms with van der Waals surface area (Å²) in [6.45, 7) is 4.48. The Kier molecular flexibility index (Phi) is 31.0. The van der Waals surface area contributed by atoms with Crippen molar-refractivity contribution in [3.8, 4) is 0 Å². The molecule has 3 unspecified atom stereocenters. The molecule has 0 saturated heterocycles. The van der Waals surface area contributed by atoms with E-state index < -0.39 is 20.0 Å². The number of unbranched alkanes of at least 4 members (excludes halogenated alkanes) is 10. The highest BCUT2D eigenvalue weighted by Crippen LogP contribution is 2.38. The third kappa shape index (κ3) is 34.4. The van der Waals surface area contributed by atoms with E-state index in [1.165, 1.54) is 19.3 Å². The van der Waals surface area contributed by atoms with Crippen LogP contribution in [-0.4, -0.2) is 68.5 Å². The Morgan fingerprint density at radius 3 is 1.82 bits per heavy atom. The molecule has 3 atom stereocenters. The topological polar surface area (TPSA) is 108 Å². The highest BCUT2D eigenvalue weighted by molar-refractivity contribution is 7.45. The van der Waals surface area contributed by atoms with Crippen molar-refractivity contribution in [2.24, 2.45) is 0 Å². The molecule has 0 aliphatic carbocycles. The van der Waals surface area contributed by atoms with E-state index in [2.05, 4.69) is 79.9 Å². The number of allylic oxidation sites excluding steroid dienone is 10.